The summed E-state index contributed by atoms with van der Waals surface area (Å²) in [5.74, 6) is 0. The van der Waals surface area contributed by atoms with Gasteiger partial charge in [-0.1, -0.05) is 19.1 Å². The molecule has 1 aromatic carbocycles. The number of hydrogen-bond donors (Lipinski definition) is 1. The van der Waals surface area contributed by atoms with Crippen LogP contribution in [0.2, 0.25) is 0 Å². The Morgan fingerprint density at radius 2 is 1.95 bits per heavy atom. The number of nitrogens with one attached hydrogen (secondary N) is 1. The van der Waals surface area contributed by atoms with Gasteiger partial charge in [-0.15, -0.1) is 0 Å². The Morgan fingerprint density at radius 3 is 2.57 bits per heavy atom. The van der Waals surface area contributed by atoms with Crippen LogP contribution in [0.25, 0.3) is 0 Å². The Labute approximate surface area is 141 Å². The first-order chi connectivity index (χ1) is 10.1. The Balaban J connectivity index is 2.21. The maximum atomic E-state index is 4.56. The van der Waals surface area contributed by atoms with E-state index in [9.17, 15) is 0 Å². The van der Waals surface area contributed by atoms with Gasteiger partial charge in [-0.25, -0.2) is 0 Å². The highest BCUT2D eigenvalue weighted by Crippen LogP contribution is 2.20. The van der Waals surface area contributed by atoms with Crippen LogP contribution in [0.15, 0.2) is 30.3 Å². The maximum absolute atomic E-state index is 4.56. The smallest absolute Gasteiger partial charge is 0.0596 e. The molecule has 2 aromatic rings. The lowest BCUT2D eigenvalue weighted by molar-refractivity contribution is 0.502. The van der Waals surface area contributed by atoms with Gasteiger partial charge in [0, 0.05) is 28.3 Å². The second kappa shape index (κ2) is 7.94. The van der Waals surface area contributed by atoms with Crippen LogP contribution in [0.1, 0.15) is 43.3 Å². The third kappa shape index (κ3) is 4.54. The van der Waals surface area contributed by atoms with E-state index < -0.39 is 0 Å². The summed E-state index contributed by atoms with van der Waals surface area (Å²) in [6, 6.07) is 11.4. The van der Waals surface area contributed by atoms with Crippen molar-refractivity contribution in [3.8, 4) is 0 Å². The molecule has 4 heteroatoms. The van der Waals surface area contributed by atoms with Gasteiger partial charge in [-0.3, -0.25) is 4.68 Å². The van der Waals surface area contributed by atoms with Gasteiger partial charge in [0.1, 0.15) is 0 Å². The van der Waals surface area contributed by atoms with E-state index in [-0.39, 0.29) is 0 Å². The fraction of sp³-hybridized carbons (Fsp3) is 0.471. The van der Waals surface area contributed by atoms with E-state index in [2.05, 4.69) is 88.8 Å². The molecule has 1 atom stereocenters. The molecule has 114 valence electrons. The molecule has 0 radical (unpaired) electrons. The summed E-state index contributed by atoms with van der Waals surface area (Å²) in [5, 5.41) is 8.23. The molecule has 3 nitrogen and oxygen atoms in total. The van der Waals surface area contributed by atoms with Crippen molar-refractivity contribution in [3.63, 3.8) is 0 Å². The number of aryl methyl sites for hydroxylation is 2. The first-order valence-corrected chi connectivity index (χ1v) is 8.74. The average molecular weight is 397 g/mol. The largest absolute Gasteiger partial charge is 0.310 e. The lowest BCUT2D eigenvalue weighted by Crippen LogP contribution is -2.25. The molecule has 1 aromatic heterocycles. The number of halogens is 1. The Kier molecular flexibility index (Phi) is 6.23. The SMILES string of the molecule is CCCNC(Cc1cc(C)nn1CC)c1ccc(I)cc1. The van der Waals surface area contributed by atoms with Crippen LogP contribution in [0, 0.1) is 10.5 Å². The van der Waals surface area contributed by atoms with Gasteiger partial charge in [-0.05, 0) is 73.2 Å². The average Bonchev–Trinajstić information content (AvgIpc) is 2.84. The molecule has 0 aliphatic heterocycles. The normalized spacial score (nSPS) is 12.6. The predicted octanol–water partition coefficient (Wildman–Crippen LogP) is 4.10. The second-order valence-corrected chi connectivity index (χ2v) is 6.60. The van der Waals surface area contributed by atoms with E-state index in [1.54, 1.807) is 0 Å². The van der Waals surface area contributed by atoms with E-state index in [1.165, 1.54) is 14.8 Å². The number of nitrogens with zero attached hydrogens (tertiary/aromatic N) is 2. The third-order valence-corrected chi connectivity index (χ3v) is 4.33. The summed E-state index contributed by atoms with van der Waals surface area (Å²) >= 11 is 2.35. The van der Waals surface area contributed by atoms with E-state index in [0.717, 1.165) is 31.6 Å². The van der Waals surface area contributed by atoms with Gasteiger partial charge < -0.3 is 5.32 Å². The number of benzene rings is 1. The molecule has 0 bridgehead atoms. The highest BCUT2D eigenvalue weighted by atomic mass is 127. The summed E-state index contributed by atoms with van der Waals surface area (Å²) in [5.41, 5.74) is 3.76. The van der Waals surface area contributed by atoms with Gasteiger partial charge in [0.2, 0.25) is 0 Å². The quantitative estimate of drug-likeness (QED) is 0.713. The molecule has 0 spiro atoms. The van der Waals surface area contributed by atoms with Crippen molar-refractivity contribution >= 4 is 22.6 Å². The first kappa shape index (κ1) is 16.5. The first-order valence-electron chi connectivity index (χ1n) is 7.66. The van der Waals surface area contributed by atoms with Crippen molar-refractivity contribution in [2.24, 2.45) is 0 Å². The van der Waals surface area contributed by atoms with E-state index in [0.29, 0.717) is 6.04 Å². The fourth-order valence-corrected chi connectivity index (χ4v) is 2.93. The maximum Gasteiger partial charge on any atom is 0.0596 e. The molecule has 1 N–H and O–H groups in total. The van der Waals surface area contributed by atoms with E-state index in [1.807, 2.05) is 0 Å². The Hall–Kier alpha value is -0.880. The van der Waals surface area contributed by atoms with Gasteiger partial charge in [0.25, 0.3) is 0 Å². The predicted molar refractivity (Wildman–Crippen MR) is 96.5 cm³/mol. The standard InChI is InChI=1S/C17H24IN3/c1-4-10-19-17(14-6-8-15(18)9-7-14)12-16-11-13(3)20-21(16)5-2/h6-9,11,17,19H,4-5,10,12H2,1-3H3. The minimum absolute atomic E-state index is 0.350. The van der Waals surface area contributed by atoms with Crippen molar-refractivity contribution in [3.05, 3.63) is 50.9 Å². The zero-order chi connectivity index (χ0) is 15.2. The molecule has 0 saturated carbocycles. The van der Waals surface area contributed by atoms with Gasteiger partial charge >= 0.3 is 0 Å². The second-order valence-electron chi connectivity index (χ2n) is 5.36. The molecule has 2 rings (SSSR count). The van der Waals surface area contributed by atoms with Crippen molar-refractivity contribution in [1.29, 1.82) is 0 Å². The van der Waals surface area contributed by atoms with E-state index >= 15 is 0 Å². The number of aromatic nitrogens is 2. The van der Waals surface area contributed by atoms with Crippen LogP contribution in [-0.2, 0) is 13.0 Å². The third-order valence-electron chi connectivity index (χ3n) is 3.61. The Bertz CT molecular complexity index is 560. The summed E-state index contributed by atoms with van der Waals surface area (Å²) in [6.45, 7) is 8.38. The highest BCUT2D eigenvalue weighted by molar-refractivity contribution is 14.1. The minimum Gasteiger partial charge on any atom is -0.310 e. The highest BCUT2D eigenvalue weighted by Gasteiger charge is 2.14. The van der Waals surface area contributed by atoms with Gasteiger partial charge in [-0.2, -0.15) is 5.10 Å². The number of hydrogen-bond acceptors (Lipinski definition) is 2. The zero-order valence-electron chi connectivity index (χ0n) is 13.1. The molecule has 0 saturated heterocycles. The van der Waals surface area contributed by atoms with Crippen LogP contribution in [-0.4, -0.2) is 16.3 Å². The van der Waals surface area contributed by atoms with Crippen molar-refractivity contribution in [2.75, 3.05) is 6.54 Å². The van der Waals surface area contributed by atoms with Crippen LogP contribution in [0.4, 0.5) is 0 Å². The monoisotopic (exact) mass is 397 g/mol. The number of rotatable bonds is 7. The van der Waals surface area contributed by atoms with Crippen LogP contribution in [0.5, 0.6) is 0 Å². The lowest BCUT2D eigenvalue weighted by atomic mass is 10.0. The molecule has 0 aliphatic carbocycles. The molecule has 1 heterocycles. The summed E-state index contributed by atoms with van der Waals surface area (Å²) in [7, 11) is 0. The fourth-order valence-electron chi connectivity index (χ4n) is 2.57. The molecule has 0 aliphatic rings. The van der Waals surface area contributed by atoms with Crippen LogP contribution in [0.3, 0.4) is 0 Å². The van der Waals surface area contributed by atoms with Gasteiger partial charge in [0.15, 0.2) is 0 Å². The topological polar surface area (TPSA) is 29.9 Å². The van der Waals surface area contributed by atoms with Gasteiger partial charge in [0.05, 0.1) is 5.69 Å². The van der Waals surface area contributed by atoms with Crippen LogP contribution < -0.4 is 5.32 Å². The summed E-state index contributed by atoms with van der Waals surface area (Å²) in [4.78, 5) is 0. The summed E-state index contributed by atoms with van der Waals surface area (Å²) < 4.78 is 3.39. The molecular weight excluding hydrogens is 373 g/mol. The van der Waals surface area contributed by atoms with Crippen molar-refractivity contribution in [1.82, 2.24) is 15.1 Å². The zero-order valence-corrected chi connectivity index (χ0v) is 15.2. The summed E-state index contributed by atoms with van der Waals surface area (Å²) in [6.07, 6.45) is 2.13. The molecule has 21 heavy (non-hydrogen) atoms. The molecular formula is C17H24IN3. The molecule has 0 amide bonds. The van der Waals surface area contributed by atoms with Crippen molar-refractivity contribution in [2.45, 2.75) is 46.2 Å². The molecule has 0 fully saturated rings. The van der Waals surface area contributed by atoms with Crippen LogP contribution >= 0.6 is 22.6 Å². The van der Waals surface area contributed by atoms with Crippen molar-refractivity contribution < 1.29 is 0 Å². The minimum atomic E-state index is 0.350. The molecule has 1 unspecified atom stereocenters. The Morgan fingerprint density at radius 1 is 1.24 bits per heavy atom. The lowest BCUT2D eigenvalue weighted by Gasteiger charge is -2.19. The van der Waals surface area contributed by atoms with E-state index in [4.69, 9.17) is 0 Å².